The smallest absolute Gasteiger partial charge is 0.258 e. The predicted molar refractivity (Wildman–Crippen MR) is 83.7 cm³/mol. The predicted octanol–water partition coefficient (Wildman–Crippen LogP) is 3.24. The summed E-state index contributed by atoms with van der Waals surface area (Å²) in [5, 5.41) is 4.30. The van der Waals surface area contributed by atoms with Gasteiger partial charge in [0.1, 0.15) is 0 Å². The number of carbonyl (C=O) groups is 1. The minimum Gasteiger partial charge on any atom is -0.329 e. The third-order valence-electron chi connectivity index (χ3n) is 2.79. The summed E-state index contributed by atoms with van der Waals surface area (Å²) in [7, 11) is 1.87. The van der Waals surface area contributed by atoms with Crippen LogP contribution in [0.1, 0.15) is 48.9 Å². The van der Waals surface area contributed by atoms with E-state index in [1.54, 1.807) is 16.4 Å². The Bertz CT molecular complexity index is 396. The number of carbonyl (C=O) groups excluding carboxylic acids is 1. The first kappa shape index (κ1) is 18.0. The fourth-order valence-corrected chi connectivity index (χ4v) is 2.45. The number of hydrogen-bond acceptors (Lipinski definition) is 3. The van der Waals surface area contributed by atoms with Crippen molar-refractivity contribution >= 4 is 17.7 Å². The molecule has 0 N–H and O–H groups in total. The SMILES string of the molecule is CC.CCCN(CSC)C(=O)c1c(C)nn(C)c1C. The average Bonchev–Trinajstić information content (AvgIpc) is 2.65. The van der Waals surface area contributed by atoms with Crippen LogP contribution >= 0.6 is 11.8 Å². The lowest BCUT2D eigenvalue weighted by Gasteiger charge is -2.21. The van der Waals surface area contributed by atoms with Crippen molar-refractivity contribution in [3.05, 3.63) is 17.0 Å². The zero-order valence-corrected chi connectivity index (χ0v) is 14.1. The Kier molecular flexibility index (Phi) is 8.56. The minimum absolute atomic E-state index is 0.101. The van der Waals surface area contributed by atoms with E-state index in [0.29, 0.717) is 0 Å². The van der Waals surface area contributed by atoms with Crippen LogP contribution < -0.4 is 0 Å². The molecule has 0 radical (unpaired) electrons. The number of amides is 1. The normalized spacial score (nSPS) is 9.84. The molecule has 0 aliphatic heterocycles. The molecular formula is C14H27N3OS. The van der Waals surface area contributed by atoms with Crippen LogP contribution in [0.4, 0.5) is 0 Å². The van der Waals surface area contributed by atoms with Crippen molar-refractivity contribution in [3.8, 4) is 0 Å². The van der Waals surface area contributed by atoms with E-state index in [1.807, 2.05) is 45.9 Å². The van der Waals surface area contributed by atoms with Gasteiger partial charge in [0.2, 0.25) is 0 Å². The van der Waals surface area contributed by atoms with Crippen LogP contribution in [0.2, 0.25) is 0 Å². The molecule has 0 aromatic carbocycles. The van der Waals surface area contributed by atoms with Crippen molar-refractivity contribution in [1.29, 1.82) is 0 Å². The van der Waals surface area contributed by atoms with E-state index < -0.39 is 0 Å². The van der Waals surface area contributed by atoms with Crippen molar-refractivity contribution in [2.75, 3.05) is 18.7 Å². The van der Waals surface area contributed by atoms with Gasteiger partial charge in [-0.1, -0.05) is 20.8 Å². The standard InChI is InChI=1S/C12H21N3OS.C2H6/c1-6-7-15(8-17-5)12(16)11-9(2)13-14(4)10(11)3;1-2/h6-8H2,1-5H3;1-2H3. The molecule has 1 amide bonds. The summed E-state index contributed by atoms with van der Waals surface area (Å²) in [5.74, 6) is 0.838. The molecule has 0 aliphatic carbocycles. The van der Waals surface area contributed by atoms with Crippen molar-refractivity contribution in [1.82, 2.24) is 14.7 Å². The summed E-state index contributed by atoms with van der Waals surface area (Å²) < 4.78 is 1.77. The highest BCUT2D eigenvalue weighted by atomic mass is 32.2. The molecule has 1 heterocycles. The van der Waals surface area contributed by atoms with Gasteiger partial charge in [0.25, 0.3) is 5.91 Å². The van der Waals surface area contributed by atoms with Gasteiger partial charge in [-0.15, -0.1) is 11.8 Å². The zero-order valence-electron chi connectivity index (χ0n) is 13.3. The number of rotatable bonds is 5. The van der Waals surface area contributed by atoms with Crippen molar-refractivity contribution in [3.63, 3.8) is 0 Å². The molecule has 1 aromatic heterocycles. The van der Waals surface area contributed by atoms with Gasteiger partial charge in [0.15, 0.2) is 0 Å². The third-order valence-corrected chi connectivity index (χ3v) is 3.36. The van der Waals surface area contributed by atoms with Crippen LogP contribution in [-0.4, -0.2) is 39.3 Å². The molecule has 1 rings (SSSR count). The average molecular weight is 285 g/mol. The van der Waals surface area contributed by atoms with E-state index in [0.717, 1.165) is 35.8 Å². The number of hydrogen-bond donors (Lipinski definition) is 0. The van der Waals surface area contributed by atoms with E-state index >= 15 is 0 Å². The van der Waals surface area contributed by atoms with E-state index in [2.05, 4.69) is 12.0 Å². The Morgan fingerprint density at radius 2 is 1.95 bits per heavy atom. The van der Waals surface area contributed by atoms with Gasteiger partial charge in [-0.25, -0.2) is 0 Å². The Hall–Kier alpha value is -0.970. The second-order valence-electron chi connectivity index (χ2n) is 4.16. The molecule has 5 heteroatoms. The van der Waals surface area contributed by atoms with Gasteiger partial charge in [0, 0.05) is 19.3 Å². The molecule has 0 unspecified atom stereocenters. The van der Waals surface area contributed by atoms with E-state index in [9.17, 15) is 4.79 Å². The second kappa shape index (κ2) is 9.02. The number of aryl methyl sites for hydroxylation is 2. The molecule has 4 nitrogen and oxygen atoms in total. The van der Waals surface area contributed by atoms with Crippen LogP contribution in [-0.2, 0) is 7.05 Å². The monoisotopic (exact) mass is 285 g/mol. The maximum Gasteiger partial charge on any atom is 0.258 e. The molecule has 0 atom stereocenters. The largest absolute Gasteiger partial charge is 0.329 e. The molecule has 0 saturated carbocycles. The van der Waals surface area contributed by atoms with Crippen LogP contribution in [0.15, 0.2) is 0 Å². The van der Waals surface area contributed by atoms with Crippen LogP contribution in [0.5, 0.6) is 0 Å². The molecule has 19 heavy (non-hydrogen) atoms. The van der Waals surface area contributed by atoms with Gasteiger partial charge in [-0.2, -0.15) is 5.10 Å². The van der Waals surface area contributed by atoms with E-state index in [-0.39, 0.29) is 5.91 Å². The quantitative estimate of drug-likeness (QED) is 0.780. The highest BCUT2D eigenvalue weighted by Gasteiger charge is 2.22. The van der Waals surface area contributed by atoms with Gasteiger partial charge in [0.05, 0.1) is 17.1 Å². The summed E-state index contributed by atoms with van der Waals surface area (Å²) in [6.45, 7) is 10.7. The summed E-state index contributed by atoms with van der Waals surface area (Å²) in [4.78, 5) is 14.3. The first-order valence-corrected chi connectivity index (χ1v) is 8.20. The Morgan fingerprint density at radius 1 is 1.37 bits per heavy atom. The van der Waals surface area contributed by atoms with E-state index in [1.165, 1.54) is 0 Å². The number of aromatic nitrogens is 2. The zero-order chi connectivity index (χ0) is 15.0. The van der Waals surface area contributed by atoms with Crippen LogP contribution in [0, 0.1) is 13.8 Å². The molecule has 0 spiro atoms. The van der Waals surface area contributed by atoms with Crippen LogP contribution in [0.25, 0.3) is 0 Å². The number of thioether (sulfide) groups is 1. The summed E-state index contributed by atoms with van der Waals surface area (Å²) in [6, 6.07) is 0. The second-order valence-corrected chi connectivity index (χ2v) is 4.99. The third kappa shape index (κ3) is 4.56. The summed E-state index contributed by atoms with van der Waals surface area (Å²) in [6.07, 6.45) is 2.99. The summed E-state index contributed by atoms with van der Waals surface area (Å²) in [5.41, 5.74) is 2.52. The van der Waals surface area contributed by atoms with Crippen molar-refractivity contribution < 1.29 is 4.79 Å². The molecule has 0 saturated heterocycles. The van der Waals surface area contributed by atoms with Crippen LogP contribution in [0.3, 0.4) is 0 Å². The molecule has 110 valence electrons. The fraction of sp³-hybridized carbons (Fsp3) is 0.714. The fourth-order valence-electron chi connectivity index (χ4n) is 1.89. The van der Waals surface area contributed by atoms with Gasteiger partial charge < -0.3 is 4.90 Å². The molecule has 0 bridgehead atoms. The minimum atomic E-state index is 0.101. The van der Waals surface area contributed by atoms with Gasteiger partial charge in [-0.05, 0) is 26.5 Å². The maximum atomic E-state index is 12.4. The lowest BCUT2D eigenvalue weighted by atomic mass is 10.1. The Balaban J connectivity index is 0.00000154. The maximum absolute atomic E-state index is 12.4. The lowest BCUT2D eigenvalue weighted by molar-refractivity contribution is 0.0784. The van der Waals surface area contributed by atoms with Crippen molar-refractivity contribution in [2.24, 2.45) is 7.05 Å². The molecule has 1 aromatic rings. The molecular weight excluding hydrogens is 258 g/mol. The first-order valence-electron chi connectivity index (χ1n) is 6.81. The van der Waals surface area contributed by atoms with Gasteiger partial charge in [-0.3, -0.25) is 9.48 Å². The number of nitrogens with zero attached hydrogens (tertiary/aromatic N) is 3. The Morgan fingerprint density at radius 3 is 2.32 bits per heavy atom. The Labute approximate surface area is 121 Å². The highest BCUT2D eigenvalue weighted by molar-refractivity contribution is 7.98. The van der Waals surface area contributed by atoms with Gasteiger partial charge >= 0.3 is 0 Å². The van der Waals surface area contributed by atoms with Crippen molar-refractivity contribution in [2.45, 2.75) is 41.0 Å². The molecule has 0 fully saturated rings. The van der Waals surface area contributed by atoms with E-state index in [4.69, 9.17) is 0 Å². The summed E-state index contributed by atoms with van der Waals surface area (Å²) >= 11 is 1.67. The molecule has 0 aliphatic rings. The first-order chi connectivity index (χ1) is 9.02. The highest BCUT2D eigenvalue weighted by Crippen LogP contribution is 2.16. The lowest BCUT2D eigenvalue weighted by Crippen LogP contribution is -2.32. The topological polar surface area (TPSA) is 38.1 Å².